The third-order valence-corrected chi connectivity index (χ3v) is 8.28. The van der Waals surface area contributed by atoms with Gasteiger partial charge in [0.15, 0.2) is 5.78 Å². The number of thiazole rings is 1. The number of carbonyl (C=O) groups is 2. The van der Waals surface area contributed by atoms with Gasteiger partial charge in [-0.2, -0.15) is 0 Å². The van der Waals surface area contributed by atoms with Gasteiger partial charge in [-0.15, -0.1) is 22.7 Å². The van der Waals surface area contributed by atoms with Crippen molar-refractivity contribution in [3.05, 3.63) is 76.1 Å². The Balaban J connectivity index is 1.19. The predicted octanol–water partition coefficient (Wildman–Crippen LogP) is 4.90. The number of Topliss-reactive ketones (excluding diaryl/α,β-unsaturated/α-hetero) is 1. The van der Waals surface area contributed by atoms with Gasteiger partial charge < -0.3 is 10.6 Å². The first kappa shape index (κ1) is 23.7. The topological polar surface area (TPSA) is 96.9 Å². The summed E-state index contributed by atoms with van der Waals surface area (Å²) in [7, 11) is 0. The van der Waals surface area contributed by atoms with E-state index < -0.39 is 0 Å². The molecule has 180 valence electrons. The van der Waals surface area contributed by atoms with Gasteiger partial charge in [0.2, 0.25) is 0 Å². The molecular formula is C26H27N5O2S2. The number of hydrogen-bond acceptors (Lipinski definition) is 8. The minimum atomic E-state index is -0.184. The molecule has 2 N–H and O–H groups in total. The quantitative estimate of drug-likeness (QED) is 0.248. The Morgan fingerprint density at radius 2 is 2.06 bits per heavy atom. The Morgan fingerprint density at radius 3 is 2.86 bits per heavy atom. The molecule has 5 rings (SSSR count). The van der Waals surface area contributed by atoms with Crippen molar-refractivity contribution in [2.45, 2.75) is 31.7 Å². The van der Waals surface area contributed by atoms with E-state index in [-0.39, 0.29) is 29.6 Å². The highest BCUT2D eigenvalue weighted by atomic mass is 32.1. The zero-order valence-electron chi connectivity index (χ0n) is 19.2. The minimum Gasteiger partial charge on any atom is -0.351 e. The van der Waals surface area contributed by atoms with Gasteiger partial charge in [0.25, 0.3) is 5.91 Å². The minimum absolute atomic E-state index is 0.0405. The summed E-state index contributed by atoms with van der Waals surface area (Å²) in [5, 5.41) is 9.48. The van der Waals surface area contributed by atoms with Crippen molar-refractivity contribution >= 4 is 44.5 Å². The van der Waals surface area contributed by atoms with Crippen LogP contribution in [0.1, 0.15) is 57.4 Å². The van der Waals surface area contributed by atoms with Gasteiger partial charge in [0, 0.05) is 48.7 Å². The zero-order valence-corrected chi connectivity index (χ0v) is 20.9. The lowest BCUT2D eigenvalue weighted by Crippen LogP contribution is -2.44. The summed E-state index contributed by atoms with van der Waals surface area (Å²) in [6.45, 7) is 1.48. The number of carbonyl (C=O) groups excluding carboxylic acids is 2. The summed E-state index contributed by atoms with van der Waals surface area (Å²) in [6, 6.07) is 7.72. The fraction of sp³-hybridized carbons (Fsp3) is 0.346. The van der Waals surface area contributed by atoms with Gasteiger partial charge in [-0.25, -0.2) is 4.98 Å². The Bertz CT molecular complexity index is 1240. The third kappa shape index (κ3) is 5.47. The molecule has 3 atom stereocenters. The molecule has 0 aromatic carbocycles. The second kappa shape index (κ2) is 11.2. The fourth-order valence-corrected chi connectivity index (χ4v) is 6.39. The summed E-state index contributed by atoms with van der Waals surface area (Å²) < 4.78 is 1.02. The molecule has 9 heteroatoms. The molecule has 7 nitrogen and oxygen atoms in total. The maximum Gasteiger partial charge on any atom is 0.261 e. The number of fused-ring (bicyclic) bond motifs is 1. The summed E-state index contributed by atoms with van der Waals surface area (Å²) in [5.74, 6) is 0.129. The van der Waals surface area contributed by atoms with Crippen molar-refractivity contribution in [3.63, 3.8) is 0 Å². The van der Waals surface area contributed by atoms with Crippen LogP contribution in [0.2, 0.25) is 0 Å². The molecule has 4 aromatic heterocycles. The molecule has 4 aromatic rings. The van der Waals surface area contributed by atoms with E-state index in [2.05, 4.69) is 25.6 Å². The van der Waals surface area contributed by atoms with Gasteiger partial charge in [0.05, 0.1) is 15.1 Å². The van der Waals surface area contributed by atoms with E-state index in [9.17, 15) is 9.59 Å². The van der Waals surface area contributed by atoms with E-state index >= 15 is 0 Å². The number of pyridine rings is 2. The molecule has 1 aliphatic heterocycles. The largest absolute Gasteiger partial charge is 0.351 e. The smallest absolute Gasteiger partial charge is 0.261 e. The van der Waals surface area contributed by atoms with Crippen molar-refractivity contribution in [2.24, 2.45) is 11.8 Å². The van der Waals surface area contributed by atoms with Crippen LogP contribution >= 0.6 is 22.7 Å². The molecule has 3 unspecified atom stereocenters. The van der Waals surface area contributed by atoms with Crippen LogP contribution in [0, 0.1) is 11.8 Å². The van der Waals surface area contributed by atoms with Gasteiger partial charge in [-0.3, -0.25) is 19.6 Å². The van der Waals surface area contributed by atoms with Crippen molar-refractivity contribution in [2.75, 3.05) is 13.1 Å². The van der Waals surface area contributed by atoms with Crippen LogP contribution in [0.4, 0.5) is 0 Å². The lowest BCUT2D eigenvalue weighted by atomic mass is 9.73. The third-order valence-electron chi connectivity index (χ3n) is 6.61. The molecular weight excluding hydrogens is 478 g/mol. The Morgan fingerprint density at radius 1 is 1.14 bits per heavy atom. The average Bonchev–Trinajstić information content (AvgIpc) is 3.59. The van der Waals surface area contributed by atoms with Crippen molar-refractivity contribution in [1.82, 2.24) is 25.6 Å². The van der Waals surface area contributed by atoms with Gasteiger partial charge >= 0.3 is 0 Å². The van der Waals surface area contributed by atoms with Crippen LogP contribution in [0.5, 0.6) is 0 Å². The number of aromatic nitrogens is 3. The van der Waals surface area contributed by atoms with Crippen LogP contribution in [-0.2, 0) is 0 Å². The number of unbranched alkanes of at least 4 members (excludes halogenated alkanes) is 1. The first-order chi connectivity index (χ1) is 17.2. The van der Waals surface area contributed by atoms with Crippen molar-refractivity contribution in [1.29, 1.82) is 0 Å². The highest BCUT2D eigenvalue weighted by Gasteiger charge is 2.39. The molecule has 0 spiro atoms. The van der Waals surface area contributed by atoms with E-state index in [1.54, 1.807) is 24.1 Å². The predicted molar refractivity (Wildman–Crippen MR) is 139 cm³/mol. The normalized spacial score (nSPS) is 20.1. The molecule has 0 bridgehead atoms. The summed E-state index contributed by atoms with van der Waals surface area (Å²) in [4.78, 5) is 39.5. The summed E-state index contributed by atoms with van der Waals surface area (Å²) in [5.41, 5.74) is 3.30. The van der Waals surface area contributed by atoms with E-state index in [0.29, 0.717) is 17.1 Å². The summed E-state index contributed by atoms with van der Waals surface area (Å²) in [6.07, 6.45) is 10.8. The van der Waals surface area contributed by atoms with Crippen LogP contribution in [0.3, 0.4) is 0 Å². The highest BCUT2D eigenvalue weighted by Crippen LogP contribution is 2.38. The number of ketones is 1. The lowest BCUT2D eigenvalue weighted by molar-refractivity contribution is 0.0755. The number of piperidine rings is 1. The zero-order chi connectivity index (χ0) is 24.0. The SMILES string of the molecule is O=C(NCCCCC1CCNC(c2cccnc2)C1C(=O)c1cscn1)c1cc2ccncc2s1. The van der Waals surface area contributed by atoms with Crippen LogP contribution in [0.25, 0.3) is 10.1 Å². The van der Waals surface area contributed by atoms with Crippen molar-refractivity contribution in [3.8, 4) is 0 Å². The Hall–Kier alpha value is -3.01. The fourth-order valence-electron chi connectivity index (χ4n) is 4.90. The number of nitrogens with zero attached hydrogens (tertiary/aromatic N) is 3. The first-order valence-electron chi connectivity index (χ1n) is 11.9. The molecule has 5 heterocycles. The van der Waals surface area contributed by atoms with E-state index in [4.69, 9.17) is 0 Å². The molecule has 1 fully saturated rings. The molecule has 0 aliphatic carbocycles. The molecule has 35 heavy (non-hydrogen) atoms. The van der Waals surface area contributed by atoms with Gasteiger partial charge in [-0.1, -0.05) is 12.5 Å². The number of amides is 1. The van der Waals surface area contributed by atoms with Gasteiger partial charge in [-0.05, 0) is 60.9 Å². The summed E-state index contributed by atoms with van der Waals surface area (Å²) >= 11 is 2.91. The molecule has 0 radical (unpaired) electrons. The molecule has 1 amide bonds. The number of thiophene rings is 1. The number of rotatable bonds is 9. The maximum atomic E-state index is 13.5. The number of hydrogen-bond donors (Lipinski definition) is 2. The highest BCUT2D eigenvalue weighted by molar-refractivity contribution is 7.20. The molecule has 1 saturated heterocycles. The molecule has 1 aliphatic rings. The Kier molecular flexibility index (Phi) is 7.56. The van der Waals surface area contributed by atoms with Gasteiger partial charge in [0.1, 0.15) is 5.69 Å². The van der Waals surface area contributed by atoms with Crippen molar-refractivity contribution < 1.29 is 9.59 Å². The van der Waals surface area contributed by atoms with E-state index in [1.807, 2.05) is 35.8 Å². The second-order valence-electron chi connectivity index (χ2n) is 8.81. The van der Waals surface area contributed by atoms with E-state index in [1.165, 1.54) is 22.7 Å². The standard InChI is InChI=1S/C26H27N5O2S2/c32-25(20-15-34-16-31-20)23-17(7-11-29-24(23)19-5-3-8-27-13-19)4-1-2-9-30-26(33)21-12-18-6-10-28-14-22(18)35-21/h3,5-6,8,10,12-17,23-24,29H,1-2,4,7,9,11H2,(H,30,33). The van der Waals surface area contributed by atoms with Crippen LogP contribution in [-0.4, -0.2) is 39.7 Å². The van der Waals surface area contributed by atoms with E-state index in [0.717, 1.165) is 47.9 Å². The lowest BCUT2D eigenvalue weighted by Gasteiger charge is -2.38. The van der Waals surface area contributed by atoms with Crippen LogP contribution in [0.15, 0.2) is 59.9 Å². The maximum absolute atomic E-state index is 13.5. The molecule has 0 saturated carbocycles. The number of nitrogens with one attached hydrogen (secondary N) is 2. The second-order valence-corrected chi connectivity index (χ2v) is 10.6. The van der Waals surface area contributed by atoms with Crippen LogP contribution < -0.4 is 10.6 Å². The Labute approximate surface area is 212 Å². The monoisotopic (exact) mass is 505 g/mol. The first-order valence-corrected chi connectivity index (χ1v) is 13.6. The average molecular weight is 506 g/mol.